The molecule has 0 spiro atoms. The number of rotatable bonds is 12. The molecule has 2 amide bonds. The third-order valence-corrected chi connectivity index (χ3v) is 7.32. The van der Waals surface area contributed by atoms with Crippen molar-refractivity contribution in [2.24, 2.45) is 0 Å². The van der Waals surface area contributed by atoms with E-state index in [1.54, 1.807) is 12.1 Å². The summed E-state index contributed by atoms with van der Waals surface area (Å²) in [6, 6.07) is 11.8. The smallest absolute Gasteiger partial charge is 0.244 e. The molecule has 35 heavy (non-hydrogen) atoms. The number of nitrogens with zero attached hydrogens (tertiary/aromatic N) is 2. The van der Waals surface area contributed by atoms with E-state index in [0.29, 0.717) is 23.7 Å². The van der Waals surface area contributed by atoms with Gasteiger partial charge >= 0.3 is 0 Å². The molecule has 0 bridgehead atoms. The molecule has 192 valence electrons. The van der Waals surface area contributed by atoms with Gasteiger partial charge in [-0.2, -0.15) is 0 Å². The van der Waals surface area contributed by atoms with Crippen LogP contribution < -0.4 is 9.62 Å². The molecule has 0 aliphatic heterocycles. The van der Waals surface area contributed by atoms with Gasteiger partial charge in [0, 0.05) is 18.1 Å². The summed E-state index contributed by atoms with van der Waals surface area (Å²) in [4.78, 5) is 28.2. The number of carbonyl (C=O) groups excluding carboxylic acids is 2. The highest BCUT2D eigenvalue weighted by Crippen LogP contribution is 2.25. The molecule has 0 unspecified atom stereocenters. The number of anilines is 1. The van der Waals surface area contributed by atoms with Gasteiger partial charge in [-0.25, -0.2) is 8.42 Å². The van der Waals surface area contributed by atoms with Crippen molar-refractivity contribution in [1.29, 1.82) is 0 Å². The van der Waals surface area contributed by atoms with Crippen molar-refractivity contribution in [3.8, 4) is 0 Å². The lowest BCUT2D eigenvalue weighted by atomic mass is 10.1. The molecule has 0 aliphatic rings. The first-order chi connectivity index (χ1) is 16.5. The zero-order chi connectivity index (χ0) is 26.2. The number of amides is 2. The summed E-state index contributed by atoms with van der Waals surface area (Å²) in [5.41, 5.74) is 2.99. The molecule has 0 fully saturated rings. The lowest BCUT2D eigenvalue weighted by Crippen LogP contribution is -2.52. The van der Waals surface area contributed by atoms with Crippen LogP contribution in [0.4, 0.5) is 5.69 Å². The van der Waals surface area contributed by atoms with Gasteiger partial charge in [-0.15, -0.1) is 0 Å². The minimum Gasteiger partial charge on any atom is -0.354 e. The topological polar surface area (TPSA) is 86.8 Å². The van der Waals surface area contributed by atoms with E-state index in [4.69, 9.17) is 11.6 Å². The van der Waals surface area contributed by atoms with Crippen molar-refractivity contribution in [3.05, 3.63) is 64.2 Å². The second-order valence-electron chi connectivity index (χ2n) is 8.78. The molecule has 7 nitrogen and oxygen atoms in total. The van der Waals surface area contributed by atoms with Crippen molar-refractivity contribution >= 4 is 39.1 Å². The lowest BCUT2D eigenvalue weighted by molar-refractivity contribution is -0.140. The summed E-state index contributed by atoms with van der Waals surface area (Å²) in [5.74, 6) is -0.711. The molecular weight excluding hydrogens is 486 g/mol. The average Bonchev–Trinajstić information content (AvgIpc) is 2.78. The Balaban J connectivity index is 2.42. The predicted octanol–water partition coefficient (Wildman–Crippen LogP) is 4.45. The highest BCUT2D eigenvalue weighted by Gasteiger charge is 2.31. The summed E-state index contributed by atoms with van der Waals surface area (Å²) in [5, 5.41) is 3.32. The van der Waals surface area contributed by atoms with Gasteiger partial charge in [0.15, 0.2) is 0 Å². The van der Waals surface area contributed by atoms with Gasteiger partial charge in [-0.3, -0.25) is 13.9 Å². The number of carbonyl (C=O) groups is 2. The Labute approximate surface area is 214 Å². The maximum absolute atomic E-state index is 13.7. The fourth-order valence-corrected chi connectivity index (χ4v) is 4.80. The number of aryl methyl sites for hydroxylation is 2. The van der Waals surface area contributed by atoms with Crippen LogP contribution in [0.25, 0.3) is 0 Å². The Morgan fingerprint density at radius 2 is 1.80 bits per heavy atom. The minimum absolute atomic E-state index is 0.187. The summed E-state index contributed by atoms with van der Waals surface area (Å²) < 4.78 is 26.4. The van der Waals surface area contributed by atoms with Crippen molar-refractivity contribution in [2.75, 3.05) is 23.7 Å². The second kappa shape index (κ2) is 12.9. The molecule has 0 saturated carbocycles. The number of hydrogen-bond acceptors (Lipinski definition) is 4. The van der Waals surface area contributed by atoms with E-state index in [9.17, 15) is 18.0 Å². The standard InChI is InChI=1S/C26H36ClN3O4S/c1-6-8-14-28-26(32)24(7-2)29(17-21-11-9-10-19(3)15-21)25(31)18-30(35(5,33)34)22-13-12-20(4)23(27)16-22/h9-13,15-16,24H,6-8,14,17-18H2,1-5H3,(H,28,32)/t24-/m0/s1. The van der Waals surface area contributed by atoms with Crippen molar-refractivity contribution in [3.63, 3.8) is 0 Å². The van der Waals surface area contributed by atoms with Crippen LogP contribution in [0.3, 0.4) is 0 Å². The first kappa shape index (κ1) is 28.7. The average molecular weight is 522 g/mol. The molecule has 0 saturated heterocycles. The number of hydrogen-bond donors (Lipinski definition) is 1. The maximum Gasteiger partial charge on any atom is 0.244 e. The molecule has 9 heteroatoms. The lowest BCUT2D eigenvalue weighted by Gasteiger charge is -2.33. The summed E-state index contributed by atoms with van der Waals surface area (Å²) in [7, 11) is -3.80. The van der Waals surface area contributed by atoms with Crippen LogP contribution in [-0.4, -0.2) is 50.5 Å². The van der Waals surface area contributed by atoms with E-state index in [1.807, 2.05) is 52.0 Å². The Hall–Kier alpha value is -2.58. The SMILES string of the molecule is CCCCNC(=O)[C@H](CC)N(Cc1cccc(C)c1)C(=O)CN(c1ccc(C)c(Cl)c1)S(C)(=O)=O. The van der Waals surface area contributed by atoms with Crippen LogP contribution >= 0.6 is 11.6 Å². The zero-order valence-electron chi connectivity index (χ0n) is 21.2. The Kier molecular flexibility index (Phi) is 10.6. The highest BCUT2D eigenvalue weighted by molar-refractivity contribution is 7.92. The van der Waals surface area contributed by atoms with E-state index in [2.05, 4.69) is 5.32 Å². The van der Waals surface area contributed by atoms with Crippen LogP contribution in [0, 0.1) is 13.8 Å². The second-order valence-corrected chi connectivity index (χ2v) is 11.1. The van der Waals surface area contributed by atoms with Gasteiger partial charge in [0.1, 0.15) is 12.6 Å². The molecule has 0 aromatic heterocycles. The van der Waals surface area contributed by atoms with Gasteiger partial charge < -0.3 is 10.2 Å². The predicted molar refractivity (Wildman–Crippen MR) is 142 cm³/mol. The van der Waals surface area contributed by atoms with Gasteiger partial charge in [-0.05, 0) is 49.9 Å². The number of nitrogens with one attached hydrogen (secondary N) is 1. The molecule has 2 rings (SSSR count). The largest absolute Gasteiger partial charge is 0.354 e. The first-order valence-electron chi connectivity index (χ1n) is 11.8. The van der Waals surface area contributed by atoms with E-state index >= 15 is 0 Å². The van der Waals surface area contributed by atoms with Gasteiger partial charge in [0.05, 0.1) is 11.9 Å². The van der Waals surface area contributed by atoms with Crippen molar-refractivity contribution < 1.29 is 18.0 Å². The fourth-order valence-electron chi connectivity index (χ4n) is 3.78. The summed E-state index contributed by atoms with van der Waals surface area (Å²) in [6.07, 6.45) is 3.22. The summed E-state index contributed by atoms with van der Waals surface area (Å²) >= 11 is 6.23. The third-order valence-electron chi connectivity index (χ3n) is 5.77. The number of unbranched alkanes of at least 4 members (excludes halogenated alkanes) is 1. The highest BCUT2D eigenvalue weighted by atomic mass is 35.5. The fraction of sp³-hybridized carbons (Fsp3) is 0.462. The van der Waals surface area contributed by atoms with Crippen molar-refractivity contribution in [2.45, 2.75) is 59.5 Å². The van der Waals surface area contributed by atoms with Gasteiger partial charge in [-0.1, -0.05) is 67.8 Å². The Morgan fingerprint density at radius 3 is 2.37 bits per heavy atom. The van der Waals surface area contributed by atoms with E-state index in [-0.39, 0.29) is 12.5 Å². The van der Waals surface area contributed by atoms with Crippen LogP contribution in [0.5, 0.6) is 0 Å². The third kappa shape index (κ3) is 8.25. The van der Waals surface area contributed by atoms with Crippen LogP contribution in [0.2, 0.25) is 5.02 Å². The first-order valence-corrected chi connectivity index (χ1v) is 14.1. The van der Waals surface area contributed by atoms with Crippen molar-refractivity contribution in [1.82, 2.24) is 10.2 Å². The number of halogens is 1. The summed E-state index contributed by atoms with van der Waals surface area (Å²) in [6.45, 7) is 7.92. The maximum atomic E-state index is 13.7. The molecule has 0 radical (unpaired) electrons. The number of benzene rings is 2. The van der Waals surface area contributed by atoms with Crippen LogP contribution in [0.15, 0.2) is 42.5 Å². The molecule has 0 aliphatic carbocycles. The normalized spacial score (nSPS) is 12.2. The van der Waals surface area contributed by atoms with E-state index < -0.39 is 28.5 Å². The Morgan fingerprint density at radius 1 is 1.09 bits per heavy atom. The Bertz CT molecular complexity index is 1140. The minimum atomic E-state index is -3.80. The van der Waals surface area contributed by atoms with Gasteiger partial charge in [0.2, 0.25) is 21.8 Å². The zero-order valence-corrected chi connectivity index (χ0v) is 22.7. The van der Waals surface area contributed by atoms with Gasteiger partial charge in [0.25, 0.3) is 0 Å². The molecule has 1 atom stereocenters. The molecule has 2 aromatic rings. The molecule has 1 N–H and O–H groups in total. The monoisotopic (exact) mass is 521 g/mol. The molecular formula is C26H36ClN3O4S. The number of sulfonamides is 1. The quantitative estimate of drug-likeness (QED) is 0.418. The van der Waals surface area contributed by atoms with Crippen LogP contribution in [0.1, 0.15) is 49.8 Å². The van der Waals surface area contributed by atoms with Crippen LogP contribution in [-0.2, 0) is 26.2 Å². The van der Waals surface area contributed by atoms with E-state index in [0.717, 1.165) is 40.1 Å². The molecule has 0 heterocycles. The molecule has 2 aromatic carbocycles. The van der Waals surface area contributed by atoms with E-state index in [1.165, 1.54) is 11.0 Å².